The highest BCUT2D eigenvalue weighted by atomic mass is 35.5. The minimum atomic E-state index is -1.07. The maximum Gasteiger partial charge on any atom is 0.306 e. The number of hydrogen-bond donors (Lipinski definition) is 1. The number of aliphatic imine (C=N–C) groups is 1. The number of aliphatic carboxylic acids is 1. The van der Waals surface area contributed by atoms with E-state index in [9.17, 15) is 9.59 Å². The van der Waals surface area contributed by atoms with Gasteiger partial charge < -0.3 is 9.84 Å². The first kappa shape index (κ1) is 21.0. The summed E-state index contributed by atoms with van der Waals surface area (Å²) in [6, 6.07) is 12.7. The third-order valence-electron chi connectivity index (χ3n) is 4.66. The first-order chi connectivity index (χ1) is 14.9. The van der Waals surface area contributed by atoms with E-state index >= 15 is 0 Å². The zero-order valence-electron chi connectivity index (χ0n) is 16.1. The van der Waals surface area contributed by atoms with Crippen molar-refractivity contribution in [1.29, 1.82) is 0 Å². The summed E-state index contributed by atoms with van der Waals surface area (Å²) in [6.07, 6.45) is -0.518. The third-order valence-corrected chi connectivity index (χ3v) is 5.23. The minimum Gasteiger partial charge on any atom is -0.481 e. The van der Waals surface area contributed by atoms with Crippen molar-refractivity contribution in [3.8, 4) is 5.69 Å². The van der Waals surface area contributed by atoms with E-state index in [1.54, 1.807) is 22.8 Å². The summed E-state index contributed by atoms with van der Waals surface area (Å²) in [4.78, 5) is 27.2. The number of aromatic nitrogens is 3. The molecule has 158 valence electrons. The molecule has 0 spiro atoms. The van der Waals surface area contributed by atoms with Crippen molar-refractivity contribution in [2.45, 2.75) is 26.0 Å². The second kappa shape index (κ2) is 8.87. The number of hydrogen-bond acceptors (Lipinski definition) is 6. The molecule has 10 heteroatoms. The van der Waals surface area contributed by atoms with Crippen molar-refractivity contribution < 1.29 is 19.4 Å². The summed E-state index contributed by atoms with van der Waals surface area (Å²) >= 11 is 12.7. The van der Waals surface area contributed by atoms with Gasteiger partial charge >= 0.3 is 11.9 Å². The number of rotatable bonds is 6. The molecule has 0 radical (unpaired) electrons. The second-order valence-corrected chi connectivity index (χ2v) is 7.57. The van der Waals surface area contributed by atoms with Crippen LogP contribution in [-0.2, 0) is 27.5 Å². The van der Waals surface area contributed by atoms with Crippen LogP contribution in [0.2, 0.25) is 10.0 Å². The molecule has 0 aliphatic carbocycles. The monoisotopic (exact) mass is 458 g/mol. The Morgan fingerprint density at radius 2 is 1.87 bits per heavy atom. The minimum absolute atomic E-state index is 0.158. The lowest BCUT2D eigenvalue weighted by atomic mass is 10.0. The van der Waals surface area contributed by atoms with Gasteiger partial charge in [0.15, 0.2) is 18.3 Å². The number of carbonyl (C=O) groups excluding carboxylic acids is 1. The molecular weight excluding hydrogens is 443 g/mol. The van der Waals surface area contributed by atoms with Gasteiger partial charge in [-0.2, -0.15) is 0 Å². The Morgan fingerprint density at radius 1 is 1.06 bits per heavy atom. The van der Waals surface area contributed by atoms with Crippen LogP contribution < -0.4 is 0 Å². The van der Waals surface area contributed by atoms with Crippen molar-refractivity contribution in [1.82, 2.24) is 14.8 Å². The van der Waals surface area contributed by atoms with E-state index in [2.05, 4.69) is 10.2 Å². The molecule has 0 atom stereocenters. The molecule has 31 heavy (non-hydrogen) atoms. The van der Waals surface area contributed by atoms with Gasteiger partial charge in [0.2, 0.25) is 0 Å². The van der Waals surface area contributed by atoms with Crippen LogP contribution in [0.5, 0.6) is 0 Å². The molecule has 4 rings (SSSR count). The van der Waals surface area contributed by atoms with Crippen LogP contribution in [-0.4, -0.2) is 37.5 Å². The molecule has 1 aromatic heterocycles. The van der Waals surface area contributed by atoms with Gasteiger partial charge in [0.05, 0.1) is 24.2 Å². The van der Waals surface area contributed by atoms with Crippen LogP contribution in [0.4, 0.5) is 0 Å². The van der Waals surface area contributed by atoms with Gasteiger partial charge in [0, 0.05) is 21.2 Å². The SMILES string of the molecule is O=C(O)CCC(=O)OCc1nnc2n1-c1ccc(Cl)cc1C(c1ccccc1Cl)=NC2. The summed E-state index contributed by atoms with van der Waals surface area (Å²) in [7, 11) is 0. The molecule has 1 aliphatic rings. The number of halogens is 2. The average Bonchev–Trinajstić information content (AvgIpc) is 3.07. The van der Waals surface area contributed by atoms with E-state index in [-0.39, 0.29) is 26.0 Å². The van der Waals surface area contributed by atoms with Gasteiger partial charge in [-0.1, -0.05) is 41.4 Å². The standard InChI is InChI=1S/C21H16Cl2N4O4/c22-12-5-6-16-14(9-12)21(13-3-1-2-4-15(13)23)24-10-17-25-26-18(27(16)17)11-31-20(30)8-7-19(28)29/h1-6,9H,7-8,10-11H2,(H,28,29). The summed E-state index contributed by atoms with van der Waals surface area (Å²) in [5.41, 5.74) is 2.88. The summed E-state index contributed by atoms with van der Waals surface area (Å²) in [5.74, 6) is -0.749. The van der Waals surface area contributed by atoms with Gasteiger partial charge in [-0.05, 0) is 24.3 Å². The molecule has 0 bridgehead atoms. The first-order valence-electron chi connectivity index (χ1n) is 9.34. The van der Waals surface area contributed by atoms with E-state index in [0.29, 0.717) is 27.4 Å². The second-order valence-electron chi connectivity index (χ2n) is 6.73. The third kappa shape index (κ3) is 4.45. The molecule has 1 aliphatic heterocycles. The maximum absolute atomic E-state index is 11.8. The van der Waals surface area contributed by atoms with Gasteiger partial charge in [0.25, 0.3) is 0 Å². The van der Waals surface area contributed by atoms with Gasteiger partial charge in [-0.15, -0.1) is 10.2 Å². The van der Waals surface area contributed by atoms with E-state index in [1.807, 2.05) is 24.3 Å². The fourth-order valence-corrected chi connectivity index (χ4v) is 3.66. The van der Waals surface area contributed by atoms with Crippen molar-refractivity contribution in [2.75, 3.05) is 0 Å². The highest BCUT2D eigenvalue weighted by molar-refractivity contribution is 6.36. The normalized spacial score (nSPS) is 12.4. The predicted octanol–water partition coefficient (Wildman–Crippen LogP) is 3.83. The van der Waals surface area contributed by atoms with Gasteiger partial charge in [-0.3, -0.25) is 19.1 Å². The molecule has 3 aromatic rings. The molecule has 0 saturated heterocycles. The Labute approximate surface area is 187 Å². The molecule has 2 heterocycles. The number of esters is 1. The van der Waals surface area contributed by atoms with Crippen LogP contribution in [0.3, 0.4) is 0 Å². The van der Waals surface area contributed by atoms with E-state index in [1.165, 1.54) is 0 Å². The van der Waals surface area contributed by atoms with Gasteiger partial charge in [0.1, 0.15) is 6.54 Å². The first-order valence-corrected chi connectivity index (χ1v) is 10.1. The van der Waals surface area contributed by atoms with Crippen LogP contribution in [0, 0.1) is 0 Å². The number of carboxylic acids is 1. The zero-order chi connectivity index (χ0) is 22.0. The van der Waals surface area contributed by atoms with Crippen molar-refractivity contribution >= 4 is 40.9 Å². The van der Waals surface area contributed by atoms with Crippen LogP contribution >= 0.6 is 23.2 Å². The topological polar surface area (TPSA) is 107 Å². The summed E-state index contributed by atoms with van der Waals surface area (Å²) in [5, 5.41) is 18.1. The quantitative estimate of drug-likeness (QED) is 0.562. The number of carbonyl (C=O) groups is 2. The Balaban J connectivity index is 1.71. The molecule has 1 N–H and O–H groups in total. The lowest BCUT2D eigenvalue weighted by Crippen LogP contribution is -2.13. The van der Waals surface area contributed by atoms with Crippen LogP contribution in [0.15, 0.2) is 47.5 Å². The Hall–Kier alpha value is -3.23. The van der Waals surface area contributed by atoms with E-state index in [4.69, 9.17) is 38.0 Å². The molecule has 0 fully saturated rings. The fourth-order valence-electron chi connectivity index (χ4n) is 3.27. The van der Waals surface area contributed by atoms with E-state index < -0.39 is 11.9 Å². The Bertz CT molecular complexity index is 1210. The number of ether oxygens (including phenoxy) is 1. The predicted molar refractivity (Wildman–Crippen MR) is 114 cm³/mol. The average molecular weight is 459 g/mol. The largest absolute Gasteiger partial charge is 0.481 e. The van der Waals surface area contributed by atoms with Crippen molar-refractivity contribution in [2.24, 2.45) is 4.99 Å². The molecular formula is C21H16Cl2N4O4. The molecule has 0 unspecified atom stereocenters. The maximum atomic E-state index is 11.8. The number of fused-ring (bicyclic) bond motifs is 3. The molecule has 0 saturated carbocycles. The van der Waals surface area contributed by atoms with Crippen molar-refractivity contribution in [3.05, 3.63) is 75.3 Å². The van der Waals surface area contributed by atoms with E-state index in [0.717, 1.165) is 16.8 Å². The smallest absolute Gasteiger partial charge is 0.306 e. The molecule has 2 aromatic carbocycles. The fraction of sp³-hybridized carbons (Fsp3) is 0.190. The lowest BCUT2D eigenvalue weighted by Gasteiger charge is -2.14. The summed E-state index contributed by atoms with van der Waals surface area (Å²) in [6.45, 7) is 0.0712. The lowest BCUT2D eigenvalue weighted by molar-refractivity contribution is -0.148. The molecule has 0 amide bonds. The Morgan fingerprint density at radius 3 is 2.65 bits per heavy atom. The number of carboxylic acid groups (broad SMARTS) is 1. The zero-order valence-corrected chi connectivity index (χ0v) is 17.6. The van der Waals surface area contributed by atoms with Crippen molar-refractivity contribution in [3.63, 3.8) is 0 Å². The summed E-state index contributed by atoms with van der Waals surface area (Å²) < 4.78 is 6.97. The molecule has 8 nitrogen and oxygen atoms in total. The number of nitrogens with zero attached hydrogens (tertiary/aromatic N) is 4. The van der Waals surface area contributed by atoms with Crippen LogP contribution in [0.1, 0.15) is 35.6 Å². The highest BCUT2D eigenvalue weighted by Gasteiger charge is 2.24. The number of benzene rings is 2. The van der Waals surface area contributed by atoms with Gasteiger partial charge in [-0.25, -0.2) is 0 Å². The van der Waals surface area contributed by atoms with Crippen LogP contribution in [0.25, 0.3) is 5.69 Å². The Kier molecular flexibility index (Phi) is 6.01. The highest BCUT2D eigenvalue weighted by Crippen LogP contribution is 2.30.